The van der Waals surface area contributed by atoms with Gasteiger partial charge >= 0.3 is 0 Å². The van der Waals surface area contributed by atoms with Crippen LogP contribution in [0.2, 0.25) is 0 Å². The van der Waals surface area contributed by atoms with Gasteiger partial charge in [0.2, 0.25) is 5.91 Å². The lowest BCUT2D eigenvalue weighted by Crippen LogP contribution is -2.51. The van der Waals surface area contributed by atoms with E-state index in [9.17, 15) is 4.79 Å². The Bertz CT molecular complexity index is 232. The lowest BCUT2D eigenvalue weighted by molar-refractivity contribution is -0.136. The molecular formula is C12H22N2O. The first-order valence-corrected chi connectivity index (χ1v) is 6.22. The molecule has 2 rings (SSSR count). The Morgan fingerprint density at radius 3 is 2.27 bits per heavy atom. The van der Waals surface area contributed by atoms with Gasteiger partial charge in [0.05, 0.1) is 6.04 Å². The molecule has 0 aromatic carbocycles. The summed E-state index contributed by atoms with van der Waals surface area (Å²) in [6.07, 6.45) is 8.38. The third-order valence-corrected chi connectivity index (χ3v) is 4.16. The van der Waals surface area contributed by atoms with E-state index in [0.717, 1.165) is 12.8 Å². The maximum absolute atomic E-state index is 12.1. The maximum atomic E-state index is 12.1. The van der Waals surface area contributed by atoms with E-state index in [1.54, 1.807) is 0 Å². The van der Waals surface area contributed by atoms with Gasteiger partial charge in [-0.25, -0.2) is 0 Å². The van der Waals surface area contributed by atoms with Crippen molar-refractivity contribution >= 4 is 5.91 Å². The summed E-state index contributed by atoms with van der Waals surface area (Å²) in [5, 5.41) is 0. The van der Waals surface area contributed by atoms with Crippen LogP contribution in [0.5, 0.6) is 0 Å². The predicted molar refractivity (Wildman–Crippen MR) is 60.3 cm³/mol. The number of nitrogens with two attached hydrogens (primary N) is 1. The molecule has 2 aliphatic carbocycles. The average Bonchev–Trinajstić information content (AvgIpc) is 2.65. The fraction of sp³-hybridized carbons (Fsp3) is 0.917. The minimum Gasteiger partial charge on any atom is -0.341 e. The summed E-state index contributed by atoms with van der Waals surface area (Å²) in [5.41, 5.74) is 6.05. The van der Waals surface area contributed by atoms with E-state index in [1.807, 2.05) is 11.9 Å². The zero-order chi connectivity index (χ0) is 10.8. The molecule has 15 heavy (non-hydrogen) atoms. The molecule has 0 unspecified atom stereocenters. The molecule has 2 fully saturated rings. The number of hydrogen-bond donors (Lipinski definition) is 1. The minimum atomic E-state index is -0.238. The number of carbonyl (C=O) groups is 1. The third-order valence-electron chi connectivity index (χ3n) is 4.16. The van der Waals surface area contributed by atoms with Gasteiger partial charge in [0.1, 0.15) is 0 Å². The molecule has 1 amide bonds. The first-order chi connectivity index (χ1) is 7.20. The fourth-order valence-corrected chi connectivity index (χ4v) is 2.71. The summed E-state index contributed by atoms with van der Waals surface area (Å²) in [4.78, 5) is 14.0. The molecule has 2 saturated carbocycles. The predicted octanol–water partition coefficient (Wildman–Crippen LogP) is 1.51. The van der Waals surface area contributed by atoms with Crippen molar-refractivity contribution in [2.75, 3.05) is 7.05 Å². The van der Waals surface area contributed by atoms with Crippen molar-refractivity contribution in [3.63, 3.8) is 0 Å². The Hall–Kier alpha value is -0.570. The van der Waals surface area contributed by atoms with Gasteiger partial charge in [-0.3, -0.25) is 4.79 Å². The van der Waals surface area contributed by atoms with Crippen molar-refractivity contribution in [2.45, 2.75) is 57.0 Å². The average molecular weight is 210 g/mol. The van der Waals surface area contributed by atoms with Crippen LogP contribution in [0, 0.1) is 5.92 Å². The van der Waals surface area contributed by atoms with Crippen molar-refractivity contribution in [1.82, 2.24) is 4.90 Å². The lowest BCUT2D eigenvalue weighted by Gasteiger charge is -2.37. The summed E-state index contributed by atoms with van der Waals surface area (Å²) in [5.74, 6) is 0.617. The number of hydrogen-bond acceptors (Lipinski definition) is 2. The van der Waals surface area contributed by atoms with Crippen molar-refractivity contribution in [1.29, 1.82) is 0 Å². The monoisotopic (exact) mass is 210 g/mol. The molecule has 0 aromatic heterocycles. The highest BCUT2D eigenvalue weighted by Gasteiger charge is 2.33. The van der Waals surface area contributed by atoms with E-state index in [1.165, 1.54) is 32.1 Å². The topological polar surface area (TPSA) is 46.3 Å². The second kappa shape index (κ2) is 4.52. The lowest BCUT2D eigenvalue weighted by atomic mass is 9.90. The first kappa shape index (κ1) is 10.9. The second-order valence-corrected chi connectivity index (χ2v) is 5.10. The van der Waals surface area contributed by atoms with Gasteiger partial charge in [-0.05, 0) is 38.0 Å². The summed E-state index contributed by atoms with van der Waals surface area (Å²) < 4.78 is 0. The molecule has 0 spiro atoms. The van der Waals surface area contributed by atoms with Crippen molar-refractivity contribution in [2.24, 2.45) is 11.7 Å². The van der Waals surface area contributed by atoms with Crippen LogP contribution in [-0.4, -0.2) is 29.9 Å². The van der Waals surface area contributed by atoms with E-state index < -0.39 is 0 Å². The van der Waals surface area contributed by atoms with E-state index in [0.29, 0.717) is 12.0 Å². The van der Waals surface area contributed by atoms with Crippen LogP contribution in [0.4, 0.5) is 0 Å². The number of likely N-dealkylation sites (N-methyl/N-ethyl adjacent to an activating group) is 1. The highest BCUT2D eigenvalue weighted by Crippen LogP contribution is 2.29. The van der Waals surface area contributed by atoms with Crippen molar-refractivity contribution in [3.05, 3.63) is 0 Å². The second-order valence-electron chi connectivity index (χ2n) is 5.10. The number of amides is 1. The molecule has 0 aromatic rings. The Morgan fingerprint density at radius 2 is 1.80 bits per heavy atom. The molecule has 0 radical (unpaired) electrons. The van der Waals surface area contributed by atoms with E-state index in [4.69, 9.17) is 5.73 Å². The van der Waals surface area contributed by atoms with Crippen LogP contribution >= 0.6 is 0 Å². The van der Waals surface area contributed by atoms with Gasteiger partial charge in [0.25, 0.3) is 0 Å². The van der Waals surface area contributed by atoms with Crippen molar-refractivity contribution in [3.8, 4) is 0 Å². The van der Waals surface area contributed by atoms with Crippen LogP contribution in [-0.2, 0) is 4.79 Å². The summed E-state index contributed by atoms with van der Waals surface area (Å²) >= 11 is 0. The van der Waals surface area contributed by atoms with Gasteiger partial charge in [-0.1, -0.05) is 12.8 Å². The molecule has 2 aliphatic rings. The van der Waals surface area contributed by atoms with E-state index in [-0.39, 0.29) is 11.9 Å². The molecular weight excluding hydrogens is 188 g/mol. The van der Waals surface area contributed by atoms with Crippen LogP contribution in [0.15, 0.2) is 0 Å². The quantitative estimate of drug-likeness (QED) is 0.767. The molecule has 0 saturated heterocycles. The Morgan fingerprint density at radius 1 is 1.20 bits per heavy atom. The minimum absolute atomic E-state index is 0.173. The third kappa shape index (κ3) is 2.17. The van der Waals surface area contributed by atoms with E-state index >= 15 is 0 Å². The van der Waals surface area contributed by atoms with Gasteiger partial charge in [-0.2, -0.15) is 0 Å². The zero-order valence-corrected chi connectivity index (χ0v) is 9.61. The van der Waals surface area contributed by atoms with Gasteiger partial charge in [-0.15, -0.1) is 0 Å². The van der Waals surface area contributed by atoms with E-state index in [2.05, 4.69) is 0 Å². The molecule has 3 heteroatoms. The molecule has 2 N–H and O–H groups in total. The molecule has 1 atom stereocenters. The molecule has 0 heterocycles. The normalized spacial score (nSPS) is 24.9. The highest BCUT2D eigenvalue weighted by atomic mass is 16.2. The van der Waals surface area contributed by atoms with Crippen molar-refractivity contribution < 1.29 is 4.79 Å². The zero-order valence-electron chi connectivity index (χ0n) is 9.61. The summed E-state index contributed by atoms with van der Waals surface area (Å²) in [7, 11) is 1.92. The first-order valence-electron chi connectivity index (χ1n) is 6.22. The largest absolute Gasteiger partial charge is 0.341 e. The summed E-state index contributed by atoms with van der Waals surface area (Å²) in [6.45, 7) is 0. The van der Waals surface area contributed by atoms with Crippen LogP contribution < -0.4 is 5.73 Å². The summed E-state index contributed by atoms with van der Waals surface area (Å²) in [6, 6.07) is 0.239. The Labute approximate surface area is 92.0 Å². The maximum Gasteiger partial charge on any atom is 0.239 e. The van der Waals surface area contributed by atoms with Crippen LogP contribution in [0.1, 0.15) is 44.9 Å². The van der Waals surface area contributed by atoms with Gasteiger partial charge in [0, 0.05) is 13.1 Å². The van der Waals surface area contributed by atoms with Crippen LogP contribution in [0.3, 0.4) is 0 Å². The van der Waals surface area contributed by atoms with Gasteiger partial charge in [0.15, 0.2) is 0 Å². The van der Waals surface area contributed by atoms with Gasteiger partial charge < -0.3 is 10.6 Å². The Balaban J connectivity index is 1.87. The van der Waals surface area contributed by atoms with Crippen LogP contribution in [0.25, 0.3) is 0 Å². The smallest absolute Gasteiger partial charge is 0.239 e. The molecule has 3 nitrogen and oxygen atoms in total. The standard InChI is InChI=1S/C12H22N2O/c1-14(10-7-4-8-10)12(15)11(13)9-5-2-3-6-9/h9-11H,2-8,13H2,1H3/t11-/m0/s1. The molecule has 0 aliphatic heterocycles. The highest BCUT2D eigenvalue weighted by molar-refractivity contribution is 5.82. The number of rotatable bonds is 3. The SMILES string of the molecule is CN(C(=O)[C@@H](N)C1CCCC1)C1CCC1. The molecule has 86 valence electrons. The molecule has 0 bridgehead atoms. The number of carbonyl (C=O) groups excluding carboxylic acids is 1. The Kier molecular flexibility index (Phi) is 3.29. The fourth-order valence-electron chi connectivity index (χ4n) is 2.71. The number of nitrogens with zero attached hydrogens (tertiary/aromatic N) is 1.